The molecule has 0 radical (unpaired) electrons. The Balaban J connectivity index is 2.26. The van der Waals surface area contributed by atoms with Gasteiger partial charge in [0, 0.05) is 20.8 Å². The van der Waals surface area contributed by atoms with Gasteiger partial charge in [0.15, 0.2) is 0 Å². The van der Waals surface area contributed by atoms with Gasteiger partial charge in [-0.15, -0.1) is 11.3 Å². The third-order valence-electron chi connectivity index (χ3n) is 3.43. The molecule has 2 aromatic rings. The summed E-state index contributed by atoms with van der Waals surface area (Å²) in [5, 5.41) is 5.76. The lowest BCUT2D eigenvalue weighted by molar-refractivity contribution is 0.556. The smallest absolute Gasteiger partial charge is 0.0456 e. The zero-order valence-electron chi connectivity index (χ0n) is 11.7. The Hall–Kier alpha value is -0.640. The van der Waals surface area contributed by atoms with Gasteiger partial charge >= 0.3 is 0 Å². The summed E-state index contributed by atoms with van der Waals surface area (Å²) < 4.78 is 1.18. The minimum atomic E-state index is 0.404. The van der Waals surface area contributed by atoms with Crippen LogP contribution in [0.2, 0.25) is 0 Å². The van der Waals surface area contributed by atoms with Crippen molar-refractivity contribution in [3.8, 4) is 0 Å². The maximum atomic E-state index is 3.60. The summed E-state index contributed by atoms with van der Waals surface area (Å²) in [5.41, 5.74) is 4.25. The third kappa shape index (κ3) is 3.68. The molecule has 0 aliphatic rings. The highest BCUT2D eigenvalue weighted by Crippen LogP contribution is 2.29. The standard InChI is InChI=1S/C16H20BrNS/c1-4-18-15(16-8-13(17)10-19-16)9-14-11(2)6-5-7-12(14)3/h5-8,10,15,18H,4,9H2,1-3H3. The molecule has 0 aliphatic heterocycles. The molecular weight excluding hydrogens is 318 g/mol. The molecule has 2 rings (SSSR count). The molecule has 0 spiro atoms. The maximum Gasteiger partial charge on any atom is 0.0456 e. The van der Waals surface area contributed by atoms with Crippen LogP contribution in [0.25, 0.3) is 0 Å². The molecule has 0 fully saturated rings. The fourth-order valence-corrected chi connectivity index (χ4v) is 3.93. The molecule has 19 heavy (non-hydrogen) atoms. The van der Waals surface area contributed by atoms with Gasteiger partial charge in [-0.3, -0.25) is 0 Å². The molecule has 0 amide bonds. The number of nitrogens with one attached hydrogen (secondary N) is 1. The molecule has 1 aromatic carbocycles. The number of hydrogen-bond donors (Lipinski definition) is 1. The molecule has 1 aromatic heterocycles. The first-order chi connectivity index (χ1) is 9.11. The zero-order chi connectivity index (χ0) is 13.8. The number of rotatable bonds is 5. The highest BCUT2D eigenvalue weighted by atomic mass is 79.9. The normalized spacial score (nSPS) is 12.6. The molecule has 0 saturated carbocycles. The van der Waals surface area contributed by atoms with Crippen molar-refractivity contribution in [2.45, 2.75) is 33.2 Å². The molecule has 1 unspecified atom stereocenters. The summed E-state index contributed by atoms with van der Waals surface area (Å²) in [6.45, 7) is 7.57. The second-order valence-electron chi connectivity index (χ2n) is 4.85. The Morgan fingerprint density at radius 3 is 2.47 bits per heavy atom. The summed E-state index contributed by atoms with van der Waals surface area (Å²) >= 11 is 5.37. The Bertz CT molecular complexity index is 527. The van der Waals surface area contributed by atoms with Crippen LogP contribution in [0.3, 0.4) is 0 Å². The molecule has 1 heterocycles. The molecule has 0 aliphatic carbocycles. The van der Waals surface area contributed by atoms with E-state index in [0.717, 1.165) is 13.0 Å². The minimum Gasteiger partial charge on any atom is -0.309 e. The number of benzene rings is 1. The van der Waals surface area contributed by atoms with Crippen molar-refractivity contribution in [1.29, 1.82) is 0 Å². The van der Waals surface area contributed by atoms with Crippen LogP contribution < -0.4 is 5.32 Å². The molecule has 0 bridgehead atoms. The van der Waals surface area contributed by atoms with Crippen LogP contribution in [0.5, 0.6) is 0 Å². The van der Waals surface area contributed by atoms with Crippen LogP contribution in [-0.4, -0.2) is 6.54 Å². The highest BCUT2D eigenvalue weighted by Gasteiger charge is 2.15. The minimum absolute atomic E-state index is 0.404. The lowest BCUT2D eigenvalue weighted by Gasteiger charge is -2.19. The van der Waals surface area contributed by atoms with Gasteiger partial charge < -0.3 is 5.32 Å². The van der Waals surface area contributed by atoms with Crippen LogP contribution in [0, 0.1) is 13.8 Å². The van der Waals surface area contributed by atoms with E-state index in [0.29, 0.717) is 6.04 Å². The van der Waals surface area contributed by atoms with Gasteiger partial charge in [0.25, 0.3) is 0 Å². The molecule has 1 N–H and O–H groups in total. The average molecular weight is 338 g/mol. The predicted octanol–water partition coefficient (Wildman–Crippen LogP) is 5.02. The number of aryl methyl sites for hydroxylation is 2. The molecule has 0 saturated heterocycles. The molecule has 1 atom stereocenters. The number of halogens is 1. The Kier molecular flexibility index (Phi) is 5.20. The van der Waals surface area contributed by atoms with E-state index in [1.165, 1.54) is 26.0 Å². The predicted molar refractivity (Wildman–Crippen MR) is 88.1 cm³/mol. The van der Waals surface area contributed by atoms with E-state index < -0.39 is 0 Å². The van der Waals surface area contributed by atoms with E-state index in [1.807, 2.05) is 11.3 Å². The van der Waals surface area contributed by atoms with Gasteiger partial charge in [-0.1, -0.05) is 25.1 Å². The molecule has 3 heteroatoms. The lowest BCUT2D eigenvalue weighted by atomic mass is 9.96. The summed E-state index contributed by atoms with van der Waals surface area (Å²) in [5.74, 6) is 0. The van der Waals surface area contributed by atoms with Gasteiger partial charge in [-0.05, 0) is 65.5 Å². The van der Waals surface area contributed by atoms with Gasteiger partial charge in [0.2, 0.25) is 0 Å². The zero-order valence-corrected chi connectivity index (χ0v) is 14.1. The fraction of sp³-hybridized carbons (Fsp3) is 0.375. The van der Waals surface area contributed by atoms with Crippen molar-refractivity contribution < 1.29 is 0 Å². The van der Waals surface area contributed by atoms with Crippen LogP contribution in [0.15, 0.2) is 34.1 Å². The average Bonchev–Trinajstić information content (AvgIpc) is 2.79. The van der Waals surface area contributed by atoms with Crippen molar-refractivity contribution in [2.75, 3.05) is 6.54 Å². The number of likely N-dealkylation sites (N-methyl/N-ethyl adjacent to an activating group) is 1. The molecule has 1 nitrogen and oxygen atoms in total. The van der Waals surface area contributed by atoms with Gasteiger partial charge in [0.1, 0.15) is 0 Å². The summed E-state index contributed by atoms with van der Waals surface area (Å²) in [4.78, 5) is 1.40. The van der Waals surface area contributed by atoms with Crippen molar-refractivity contribution >= 4 is 27.3 Å². The second-order valence-corrected chi connectivity index (χ2v) is 6.71. The van der Waals surface area contributed by atoms with Crippen LogP contribution in [0.1, 0.15) is 34.5 Å². The maximum absolute atomic E-state index is 3.60. The first-order valence-electron chi connectivity index (χ1n) is 6.64. The Labute approximate surface area is 128 Å². The quantitative estimate of drug-likeness (QED) is 0.807. The molecule has 102 valence electrons. The Morgan fingerprint density at radius 1 is 1.26 bits per heavy atom. The Morgan fingerprint density at radius 2 is 1.95 bits per heavy atom. The second kappa shape index (κ2) is 6.69. The van der Waals surface area contributed by atoms with Crippen LogP contribution in [0.4, 0.5) is 0 Å². The first kappa shape index (κ1) is 14.8. The third-order valence-corrected chi connectivity index (χ3v) is 5.24. The molecular formula is C16H20BrNS. The van der Waals surface area contributed by atoms with Crippen molar-refractivity contribution in [1.82, 2.24) is 5.32 Å². The van der Waals surface area contributed by atoms with Crippen LogP contribution in [-0.2, 0) is 6.42 Å². The summed E-state index contributed by atoms with van der Waals surface area (Å²) in [7, 11) is 0. The summed E-state index contributed by atoms with van der Waals surface area (Å²) in [6.07, 6.45) is 1.05. The van der Waals surface area contributed by atoms with Gasteiger partial charge in [-0.25, -0.2) is 0 Å². The van der Waals surface area contributed by atoms with E-state index in [-0.39, 0.29) is 0 Å². The van der Waals surface area contributed by atoms with E-state index in [9.17, 15) is 0 Å². The summed E-state index contributed by atoms with van der Waals surface area (Å²) in [6, 6.07) is 9.18. The van der Waals surface area contributed by atoms with Crippen molar-refractivity contribution in [2.24, 2.45) is 0 Å². The van der Waals surface area contributed by atoms with E-state index in [4.69, 9.17) is 0 Å². The van der Waals surface area contributed by atoms with E-state index in [2.05, 4.69) is 71.7 Å². The highest BCUT2D eigenvalue weighted by molar-refractivity contribution is 9.10. The van der Waals surface area contributed by atoms with Crippen molar-refractivity contribution in [3.63, 3.8) is 0 Å². The van der Waals surface area contributed by atoms with Crippen molar-refractivity contribution in [3.05, 3.63) is 55.7 Å². The largest absolute Gasteiger partial charge is 0.309 e. The first-order valence-corrected chi connectivity index (χ1v) is 8.31. The van der Waals surface area contributed by atoms with E-state index >= 15 is 0 Å². The number of hydrogen-bond acceptors (Lipinski definition) is 2. The topological polar surface area (TPSA) is 12.0 Å². The van der Waals surface area contributed by atoms with Crippen LogP contribution >= 0.6 is 27.3 Å². The number of thiophene rings is 1. The SMILES string of the molecule is CCNC(Cc1c(C)cccc1C)c1cc(Br)cs1. The lowest BCUT2D eigenvalue weighted by Crippen LogP contribution is -2.22. The van der Waals surface area contributed by atoms with Gasteiger partial charge in [0.05, 0.1) is 0 Å². The van der Waals surface area contributed by atoms with E-state index in [1.54, 1.807) is 0 Å². The fourth-order valence-electron chi connectivity index (χ4n) is 2.41. The monoisotopic (exact) mass is 337 g/mol. The van der Waals surface area contributed by atoms with Gasteiger partial charge in [-0.2, -0.15) is 0 Å².